The highest BCUT2D eigenvalue weighted by Gasteiger charge is 2.26. The van der Waals surface area contributed by atoms with Gasteiger partial charge in [0.05, 0.1) is 3.79 Å². The van der Waals surface area contributed by atoms with Crippen LogP contribution in [0.5, 0.6) is 0 Å². The molecular formula is C12H11BrN2O3S2. The van der Waals surface area contributed by atoms with Crippen molar-refractivity contribution in [3.05, 3.63) is 51.8 Å². The maximum atomic E-state index is 12.2. The normalized spacial score (nSPS) is 13.1. The van der Waals surface area contributed by atoms with Gasteiger partial charge < -0.3 is 5.73 Å². The third kappa shape index (κ3) is 3.45. The summed E-state index contributed by atoms with van der Waals surface area (Å²) < 4.78 is 27.5. The van der Waals surface area contributed by atoms with E-state index in [2.05, 4.69) is 20.7 Å². The third-order valence-corrected chi connectivity index (χ3v) is 6.04. The molecule has 0 aliphatic rings. The fourth-order valence-electron chi connectivity index (χ4n) is 1.59. The van der Waals surface area contributed by atoms with Gasteiger partial charge in [-0.3, -0.25) is 4.79 Å². The van der Waals surface area contributed by atoms with Crippen LogP contribution in [-0.2, 0) is 14.8 Å². The van der Waals surface area contributed by atoms with E-state index in [1.165, 1.54) is 6.07 Å². The second-order valence-electron chi connectivity index (χ2n) is 3.93. The van der Waals surface area contributed by atoms with E-state index in [0.717, 1.165) is 11.3 Å². The highest BCUT2D eigenvalue weighted by Crippen LogP contribution is 2.27. The maximum Gasteiger partial charge on any atom is 0.251 e. The standard InChI is InChI=1S/C12H11BrN2O3S2/c13-9-6-7-10(19-9)20(17,18)15-11(12(14)16)8-4-2-1-3-5-8/h1-7,11,15H,(H2,14,16)/t11-/m0/s1. The minimum absolute atomic E-state index is 0.117. The summed E-state index contributed by atoms with van der Waals surface area (Å²) in [6.07, 6.45) is 0. The van der Waals surface area contributed by atoms with Crippen LogP contribution in [-0.4, -0.2) is 14.3 Å². The van der Waals surface area contributed by atoms with Gasteiger partial charge in [0.2, 0.25) is 5.91 Å². The SMILES string of the molecule is NC(=O)[C@@H](NS(=O)(=O)c1ccc(Br)s1)c1ccccc1. The molecule has 1 aromatic carbocycles. The van der Waals surface area contributed by atoms with Gasteiger partial charge in [0.15, 0.2) is 0 Å². The number of nitrogens with one attached hydrogen (secondary N) is 1. The molecule has 0 unspecified atom stereocenters. The molecule has 0 fully saturated rings. The minimum atomic E-state index is -3.79. The molecule has 8 heteroatoms. The second-order valence-corrected chi connectivity index (χ2v) is 8.33. The molecule has 3 N–H and O–H groups in total. The molecule has 0 bridgehead atoms. The quantitative estimate of drug-likeness (QED) is 0.838. The van der Waals surface area contributed by atoms with Gasteiger partial charge in [-0.1, -0.05) is 30.3 Å². The molecule has 0 radical (unpaired) electrons. The molecule has 1 aromatic heterocycles. The number of benzene rings is 1. The lowest BCUT2D eigenvalue weighted by Crippen LogP contribution is -2.37. The van der Waals surface area contributed by atoms with Crippen molar-refractivity contribution >= 4 is 43.2 Å². The Labute approximate surface area is 129 Å². The van der Waals surface area contributed by atoms with Crippen molar-refractivity contribution in [3.8, 4) is 0 Å². The van der Waals surface area contributed by atoms with Crippen molar-refractivity contribution in [2.45, 2.75) is 10.3 Å². The van der Waals surface area contributed by atoms with Crippen LogP contribution in [0.3, 0.4) is 0 Å². The molecule has 2 aromatic rings. The van der Waals surface area contributed by atoms with Gasteiger partial charge in [0, 0.05) is 0 Å². The molecule has 0 saturated heterocycles. The van der Waals surface area contributed by atoms with Crippen molar-refractivity contribution in [2.24, 2.45) is 5.73 Å². The van der Waals surface area contributed by atoms with E-state index in [9.17, 15) is 13.2 Å². The lowest BCUT2D eigenvalue weighted by atomic mass is 10.1. The summed E-state index contributed by atoms with van der Waals surface area (Å²) in [5, 5.41) is 0. The van der Waals surface area contributed by atoms with E-state index in [-0.39, 0.29) is 4.21 Å². The number of carbonyl (C=O) groups excluding carboxylic acids is 1. The third-order valence-electron chi connectivity index (χ3n) is 2.50. The smallest absolute Gasteiger partial charge is 0.251 e. The zero-order valence-corrected chi connectivity index (χ0v) is 13.3. The number of sulfonamides is 1. The van der Waals surface area contributed by atoms with E-state index >= 15 is 0 Å². The first-order chi connectivity index (χ1) is 9.40. The van der Waals surface area contributed by atoms with Crippen LogP contribution in [0.25, 0.3) is 0 Å². The van der Waals surface area contributed by atoms with Crippen molar-refractivity contribution in [1.82, 2.24) is 4.72 Å². The number of halogens is 1. The largest absolute Gasteiger partial charge is 0.368 e. The Kier molecular flexibility index (Phi) is 4.59. The zero-order chi connectivity index (χ0) is 14.8. The summed E-state index contributed by atoms with van der Waals surface area (Å²) in [5.74, 6) is -0.754. The fourth-order valence-corrected chi connectivity index (χ4v) is 4.81. The summed E-state index contributed by atoms with van der Waals surface area (Å²) in [5.41, 5.74) is 5.79. The van der Waals surface area contributed by atoms with Crippen molar-refractivity contribution in [3.63, 3.8) is 0 Å². The summed E-state index contributed by atoms with van der Waals surface area (Å²) in [6.45, 7) is 0. The number of amides is 1. The van der Waals surface area contributed by atoms with E-state index in [0.29, 0.717) is 9.35 Å². The first kappa shape index (κ1) is 15.2. The van der Waals surface area contributed by atoms with Crippen molar-refractivity contribution < 1.29 is 13.2 Å². The van der Waals surface area contributed by atoms with Crippen LogP contribution in [0.4, 0.5) is 0 Å². The lowest BCUT2D eigenvalue weighted by molar-refractivity contribution is -0.119. The van der Waals surface area contributed by atoms with Crippen molar-refractivity contribution in [1.29, 1.82) is 0 Å². The second kappa shape index (κ2) is 6.04. The van der Waals surface area contributed by atoms with Gasteiger partial charge in [-0.05, 0) is 33.6 Å². The number of rotatable bonds is 5. The summed E-state index contributed by atoms with van der Waals surface area (Å²) in [4.78, 5) is 11.5. The van der Waals surface area contributed by atoms with E-state index in [4.69, 9.17) is 5.73 Å². The van der Waals surface area contributed by atoms with E-state index in [1.54, 1.807) is 36.4 Å². The predicted molar refractivity (Wildman–Crippen MR) is 80.7 cm³/mol. The minimum Gasteiger partial charge on any atom is -0.368 e. The van der Waals surface area contributed by atoms with Gasteiger partial charge in [-0.2, -0.15) is 4.72 Å². The number of primary amides is 1. The van der Waals surface area contributed by atoms with Crippen molar-refractivity contribution in [2.75, 3.05) is 0 Å². The maximum absolute atomic E-state index is 12.2. The number of hydrogen-bond acceptors (Lipinski definition) is 4. The highest BCUT2D eigenvalue weighted by atomic mass is 79.9. The molecule has 106 valence electrons. The molecule has 1 amide bonds. The van der Waals surface area contributed by atoms with E-state index < -0.39 is 22.0 Å². The Hall–Kier alpha value is -1.22. The molecule has 2 rings (SSSR count). The van der Waals surface area contributed by atoms with Crippen LogP contribution in [0.15, 0.2) is 50.5 Å². The predicted octanol–water partition coefficient (Wildman–Crippen LogP) is 2.02. The van der Waals surface area contributed by atoms with Gasteiger partial charge in [0.25, 0.3) is 10.0 Å². The average Bonchev–Trinajstić information content (AvgIpc) is 2.84. The first-order valence-corrected chi connectivity index (χ1v) is 8.61. The number of carbonyl (C=O) groups is 1. The first-order valence-electron chi connectivity index (χ1n) is 5.52. The molecule has 5 nitrogen and oxygen atoms in total. The van der Waals surface area contributed by atoms with Gasteiger partial charge in [-0.25, -0.2) is 8.42 Å². The van der Waals surface area contributed by atoms with Gasteiger partial charge in [0.1, 0.15) is 10.3 Å². The van der Waals surface area contributed by atoms with Crippen LogP contribution in [0, 0.1) is 0 Å². The molecule has 0 saturated carbocycles. The Morgan fingerprint density at radius 3 is 2.35 bits per heavy atom. The average molecular weight is 375 g/mol. The fraction of sp³-hybridized carbons (Fsp3) is 0.0833. The number of thiophene rings is 1. The summed E-state index contributed by atoms with van der Waals surface area (Å²) in [7, 11) is -3.79. The Morgan fingerprint density at radius 2 is 1.85 bits per heavy atom. The molecule has 0 aliphatic heterocycles. The van der Waals surface area contributed by atoms with Crippen LogP contribution < -0.4 is 10.5 Å². The number of nitrogens with two attached hydrogens (primary N) is 1. The zero-order valence-electron chi connectivity index (χ0n) is 10.1. The van der Waals surface area contributed by atoms with Crippen LogP contribution >= 0.6 is 27.3 Å². The number of hydrogen-bond donors (Lipinski definition) is 2. The molecular weight excluding hydrogens is 364 g/mol. The Bertz CT molecular complexity index is 713. The Balaban J connectivity index is 2.32. The molecule has 0 aliphatic carbocycles. The summed E-state index contributed by atoms with van der Waals surface area (Å²) >= 11 is 4.26. The molecule has 1 heterocycles. The molecule has 20 heavy (non-hydrogen) atoms. The monoisotopic (exact) mass is 374 g/mol. The van der Waals surface area contributed by atoms with E-state index in [1.807, 2.05) is 0 Å². The van der Waals surface area contributed by atoms with Crippen LogP contribution in [0.2, 0.25) is 0 Å². The molecule has 0 spiro atoms. The Morgan fingerprint density at radius 1 is 1.20 bits per heavy atom. The van der Waals surface area contributed by atoms with Crippen LogP contribution in [0.1, 0.15) is 11.6 Å². The van der Waals surface area contributed by atoms with Gasteiger partial charge in [-0.15, -0.1) is 11.3 Å². The highest BCUT2D eigenvalue weighted by molar-refractivity contribution is 9.11. The summed E-state index contributed by atoms with van der Waals surface area (Å²) in [6, 6.07) is 10.5. The lowest BCUT2D eigenvalue weighted by Gasteiger charge is -2.15. The van der Waals surface area contributed by atoms with Gasteiger partial charge >= 0.3 is 0 Å². The topological polar surface area (TPSA) is 89.3 Å². The molecule has 1 atom stereocenters.